The average Bonchev–Trinajstić information content (AvgIpc) is 2.81. The van der Waals surface area contributed by atoms with Crippen molar-refractivity contribution in [2.75, 3.05) is 13.2 Å². The Morgan fingerprint density at radius 2 is 1.76 bits per heavy atom. The lowest BCUT2D eigenvalue weighted by molar-refractivity contribution is -0.299. The van der Waals surface area contributed by atoms with Gasteiger partial charge in [-0.25, -0.2) is 4.79 Å². The van der Waals surface area contributed by atoms with Crippen LogP contribution >= 0.6 is 0 Å². The molecule has 2 aromatic carbocycles. The van der Waals surface area contributed by atoms with Crippen molar-refractivity contribution >= 4 is 11.9 Å². The first-order valence-corrected chi connectivity index (χ1v) is 11.0. The Balaban J connectivity index is 1.81. The van der Waals surface area contributed by atoms with E-state index in [4.69, 9.17) is 9.47 Å². The van der Waals surface area contributed by atoms with E-state index < -0.39 is 17.9 Å². The monoisotopic (exact) mass is 459 g/mol. The third-order valence-corrected chi connectivity index (χ3v) is 5.66. The van der Waals surface area contributed by atoms with Crippen molar-refractivity contribution < 1.29 is 24.2 Å². The molecule has 0 radical (unpaired) electrons. The van der Waals surface area contributed by atoms with Crippen LogP contribution in [0.4, 0.5) is 0 Å². The summed E-state index contributed by atoms with van der Waals surface area (Å²) in [4.78, 5) is 25.1. The van der Waals surface area contributed by atoms with Crippen LogP contribution in [0.15, 0.2) is 71.1 Å². The second-order valence-corrected chi connectivity index (χ2v) is 8.34. The minimum Gasteiger partial charge on any atom is -0.545 e. The minimum absolute atomic E-state index is 0.0175. The quantitative estimate of drug-likeness (QED) is 0.476. The van der Waals surface area contributed by atoms with E-state index in [-0.39, 0.29) is 30.3 Å². The molecule has 1 atom stereocenters. The van der Waals surface area contributed by atoms with Crippen molar-refractivity contribution in [2.45, 2.75) is 39.5 Å². The smallest absolute Gasteiger partial charge is 0.336 e. The maximum Gasteiger partial charge on any atom is 0.336 e. The Labute approximate surface area is 199 Å². The number of aliphatic carboxylic acids is 1. The Bertz CT molecular complexity index is 1200. The zero-order valence-electron chi connectivity index (χ0n) is 19.7. The normalized spacial score (nSPS) is 15.6. The lowest BCUT2D eigenvalue weighted by Crippen LogP contribution is -2.37. The number of nitriles is 1. The number of hydrogen-bond acceptors (Lipinski definition) is 7. The van der Waals surface area contributed by atoms with E-state index in [1.54, 1.807) is 38.1 Å². The molecule has 0 amide bonds. The van der Waals surface area contributed by atoms with Crippen LogP contribution in [0.2, 0.25) is 0 Å². The number of esters is 1. The average molecular weight is 460 g/mol. The molecule has 1 heterocycles. The van der Waals surface area contributed by atoms with Crippen molar-refractivity contribution in [2.24, 2.45) is 0 Å². The number of benzene rings is 2. The molecule has 7 heteroatoms. The van der Waals surface area contributed by atoms with Crippen LogP contribution in [0.1, 0.15) is 56.2 Å². The van der Waals surface area contributed by atoms with Gasteiger partial charge in [0.1, 0.15) is 19.0 Å². The lowest BCUT2D eigenvalue weighted by Gasteiger charge is -2.32. The molecule has 1 unspecified atom stereocenters. The third kappa shape index (κ3) is 5.29. The Morgan fingerprint density at radius 1 is 1.06 bits per heavy atom. The number of carboxylic acids is 1. The van der Waals surface area contributed by atoms with Gasteiger partial charge in [-0.1, -0.05) is 44.2 Å². The topological polar surface area (TPSA) is 111 Å². The van der Waals surface area contributed by atoms with Crippen LogP contribution in [0.25, 0.3) is 0 Å². The molecule has 0 saturated carbocycles. The van der Waals surface area contributed by atoms with Crippen molar-refractivity contribution in [1.82, 2.24) is 5.32 Å². The van der Waals surface area contributed by atoms with Crippen LogP contribution in [0.5, 0.6) is 5.75 Å². The zero-order chi connectivity index (χ0) is 24.8. The number of hydrogen-bond donors (Lipinski definition) is 1. The van der Waals surface area contributed by atoms with E-state index >= 15 is 0 Å². The summed E-state index contributed by atoms with van der Waals surface area (Å²) >= 11 is 0. The highest BCUT2D eigenvalue weighted by molar-refractivity contribution is 5.98. The number of carbonyl (C=O) groups is 2. The minimum atomic E-state index is -1.40. The molecule has 0 fully saturated rings. The highest BCUT2D eigenvalue weighted by atomic mass is 16.6. The van der Waals surface area contributed by atoms with E-state index in [0.29, 0.717) is 22.5 Å². The van der Waals surface area contributed by atoms with E-state index in [1.807, 2.05) is 30.3 Å². The summed E-state index contributed by atoms with van der Waals surface area (Å²) in [7, 11) is 0. The van der Waals surface area contributed by atoms with Gasteiger partial charge in [0.25, 0.3) is 0 Å². The Hall–Kier alpha value is -4.05. The molecule has 0 spiro atoms. The van der Waals surface area contributed by atoms with Gasteiger partial charge < -0.3 is 24.7 Å². The maximum atomic E-state index is 13.1. The molecule has 3 rings (SSSR count). The number of para-hydroxylation sites is 1. The highest BCUT2D eigenvalue weighted by Crippen LogP contribution is 2.38. The maximum absolute atomic E-state index is 13.1. The summed E-state index contributed by atoms with van der Waals surface area (Å²) in [5, 5.41) is 24.2. The number of rotatable bonds is 8. The molecule has 0 saturated heterocycles. The highest BCUT2D eigenvalue weighted by Gasteiger charge is 2.34. The van der Waals surface area contributed by atoms with E-state index in [9.17, 15) is 20.0 Å². The molecule has 7 nitrogen and oxygen atoms in total. The van der Waals surface area contributed by atoms with Crippen LogP contribution in [0.3, 0.4) is 0 Å². The number of ether oxygens (including phenoxy) is 2. The fourth-order valence-corrected chi connectivity index (χ4v) is 4.11. The van der Waals surface area contributed by atoms with Gasteiger partial charge in [-0.2, -0.15) is 5.26 Å². The molecule has 176 valence electrons. The third-order valence-electron chi connectivity index (χ3n) is 5.66. The van der Waals surface area contributed by atoms with Gasteiger partial charge in [-0.05, 0) is 49.1 Å². The van der Waals surface area contributed by atoms with Gasteiger partial charge in [-0.15, -0.1) is 0 Å². The first-order valence-electron chi connectivity index (χ1n) is 11.0. The Kier molecular flexibility index (Phi) is 7.75. The lowest BCUT2D eigenvalue weighted by atomic mass is 9.80. The molecule has 2 aromatic rings. The van der Waals surface area contributed by atoms with Gasteiger partial charge in [0.05, 0.1) is 23.2 Å². The van der Waals surface area contributed by atoms with E-state index in [0.717, 1.165) is 11.3 Å². The summed E-state index contributed by atoms with van der Waals surface area (Å²) in [6.45, 7) is 7.56. The number of nitrogens with zero attached hydrogens (tertiary/aromatic N) is 1. The molecule has 1 N–H and O–H groups in total. The summed E-state index contributed by atoms with van der Waals surface area (Å²) in [6, 6.07) is 16.2. The fourth-order valence-electron chi connectivity index (χ4n) is 4.11. The summed E-state index contributed by atoms with van der Waals surface area (Å²) in [5.74, 6) is -1.99. The fraction of sp³-hybridized carbons (Fsp3) is 0.296. The molecule has 0 aliphatic carbocycles. The standard InChI is InChI=1S/C27H28N2O5/c1-16(2)21-10-5-6-11-22(21)33-12-13-34-27(32)24-18(4)29-17(3)23(26(30)31)25(24)20-9-7-8-19(14-20)15-28/h5-11,14,16,25,29H,12-13H2,1-4H3,(H,30,31)/p-1. The van der Waals surface area contributed by atoms with Crippen molar-refractivity contribution in [3.05, 3.63) is 87.8 Å². The molecule has 1 aliphatic rings. The largest absolute Gasteiger partial charge is 0.545 e. The van der Waals surface area contributed by atoms with Crippen LogP contribution in [0, 0.1) is 11.3 Å². The van der Waals surface area contributed by atoms with E-state index in [2.05, 4.69) is 19.2 Å². The number of dihydropyridines is 1. The van der Waals surface area contributed by atoms with Crippen molar-refractivity contribution in [3.63, 3.8) is 0 Å². The van der Waals surface area contributed by atoms with Crippen molar-refractivity contribution in [3.8, 4) is 11.8 Å². The molecule has 1 aliphatic heterocycles. The first kappa shape index (κ1) is 24.6. The molecule has 34 heavy (non-hydrogen) atoms. The number of nitrogens with one attached hydrogen (secondary N) is 1. The molecular weight excluding hydrogens is 432 g/mol. The van der Waals surface area contributed by atoms with Gasteiger partial charge in [-0.3, -0.25) is 0 Å². The predicted molar refractivity (Wildman–Crippen MR) is 124 cm³/mol. The first-order chi connectivity index (χ1) is 16.2. The molecule has 0 aromatic heterocycles. The SMILES string of the molecule is CC1=C(C(=O)[O-])C(c2cccc(C#N)c2)C(C(=O)OCCOc2ccccc2C(C)C)=C(C)N1. The number of carbonyl (C=O) groups excluding carboxylic acids is 2. The predicted octanol–water partition coefficient (Wildman–Crippen LogP) is 3.29. The van der Waals surface area contributed by atoms with Gasteiger partial charge in [0.2, 0.25) is 0 Å². The molecular formula is C27H27N2O5-. The zero-order valence-corrected chi connectivity index (χ0v) is 19.7. The Morgan fingerprint density at radius 3 is 2.44 bits per heavy atom. The second-order valence-electron chi connectivity index (χ2n) is 8.34. The van der Waals surface area contributed by atoms with E-state index in [1.165, 1.54) is 0 Å². The second kappa shape index (κ2) is 10.7. The number of allylic oxidation sites excluding steroid dienone is 2. The van der Waals surface area contributed by atoms with Gasteiger partial charge in [0, 0.05) is 22.9 Å². The van der Waals surface area contributed by atoms with Crippen LogP contribution < -0.4 is 15.2 Å². The molecule has 0 bridgehead atoms. The summed E-state index contributed by atoms with van der Waals surface area (Å²) in [5.41, 5.74) is 2.83. The number of carboxylic acid groups (broad SMARTS) is 1. The van der Waals surface area contributed by atoms with Crippen LogP contribution in [-0.4, -0.2) is 25.2 Å². The van der Waals surface area contributed by atoms with Crippen molar-refractivity contribution in [1.29, 1.82) is 5.26 Å². The van der Waals surface area contributed by atoms with Gasteiger partial charge >= 0.3 is 5.97 Å². The van der Waals surface area contributed by atoms with Gasteiger partial charge in [0.15, 0.2) is 0 Å². The summed E-state index contributed by atoms with van der Waals surface area (Å²) < 4.78 is 11.3. The summed E-state index contributed by atoms with van der Waals surface area (Å²) in [6.07, 6.45) is 0. The van der Waals surface area contributed by atoms with Crippen LogP contribution in [-0.2, 0) is 14.3 Å².